The molecule has 1 N–H and O–H groups in total. The molecule has 124 valence electrons. The summed E-state index contributed by atoms with van der Waals surface area (Å²) in [7, 11) is -3.72. The molecule has 0 aliphatic carbocycles. The van der Waals surface area contributed by atoms with Gasteiger partial charge in [0.15, 0.2) is 0 Å². The largest absolute Gasteiger partial charge is 0.369 e. The molecule has 0 unspecified atom stereocenters. The lowest BCUT2D eigenvalue weighted by Crippen LogP contribution is -2.37. The van der Waals surface area contributed by atoms with Crippen LogP contribution in [0.25, 0.3) is 0 Å². The number of sulfonamides is 1. The van der Waals surface area contributed by atoms with Gasteiger partial charge in [0.2, 0.25) is 10.0 Å². The standard InChI is InChI=1S/C15H19N3O4S/c1-3-8-16-14-5-4-13(11-15(14)18(19)20)23(21,22)17-9-6-12(2)7-10-17/h1,4-5,11-12,16H,6-10H2,2H3. The summed E-state index contributed by atoms with van der Waals surface area (Å²) in [6.07, 6.45) is 6.72. The van der Waals surface area contributed by atoms with Gasteiger partial charge >= 0.3 is 0 Å². The van der Waals surface area contributed by atoms with Crippen LogP contribution in [0.3, 0.4) is 0 Å². The number of hydrogen-bond acceptors (Lipinski definition) is 5. The average Bonchev–Trinajstić information content (AvgIpc) is 2.53. The van der Waals surface area contributed by atoms with Gasteiger partial charge in [-0.05, 0) is 30.9 Å². The summed E-state index contributed by atoms with van der Waals surface area (Å²) in [5.74, 6) is 2.81. The summed E-state index contributed by atoms with van der Waals surface area (Å²) in [6, 6.07) is 3.85. The zero-order valence-electron chi connectivity index (χ0n) is 12.9. The minimum Gasteiger partial charge on any atom is -0.369 e. The van der Waals surface area contributed by atoms with Crippen molar-refractivity contribution in [2.75, 3.05) is 25.0 Å². The fourth-order valence-corrected chi connectivity index (χ4v) is 3.98. The molecule has 1 saturated heterocycles. The fraction of sp³-hybridized carbons (Fsp3) is 0.467. The molecule has 0 amide bonds. The fourth-order valence-electron chi connectivity index (χ4n) is 2.49. The van der Waals surface area contributed by atoms with Crippen LogP contribution in [-0.4, -0.2) is 37.3 Å². The van der Waals surface area contributed by atoms with Crippen molar-refractivity contribution in [3.05, 3.63) is 28.3 Å². The summed E-state index contributed by atoms with van der Waals surface area (Å²) < 4.78 is 26.7. The van der Waals surface area contributed by atoms with Crippen molar-refractivity contribution in [3.63, 3.8) is 0 Å². The predicted molar refractivity (Wildman–Crippen MR) is 87.6 cm³/mol. The van der Waals surface area contributed by atoms with E-state index in [1.165, 1.54) is 16.4 Å². The quantitative estimate of drug-likeness (QED) is 0.504. The molecule has 1 aliphatic rings. The second kappa shape index (κ2) is 6.98. The third-order valence-electron chi connectivity index (χ3n) is 3.93. The lowest BCUT2D eigenvalue weighted by atomic mass is 10.0. The molecular weight excluding hydrogens is 318 g/mol. The Morgan fingerprint density at radius 1 is 1.43 bits per heavy atom. The van der Waals surface area contributed by atoms with Crippen molar-refractivity contribution < 1.29 is 13.3 Å². The zero-order chi connectivity index (χ0) is 17.0. The van der Waals surface area contributed by atoms with Crippen molar-refractivity contribution in [1.29, 1.82) is 0 Å². The van der Waals surface area contributed by atoms with E-state index >= 15 is 0 Å². The summed E-state index contributed by atoms with van der Waals surface area (Å²) in [4.78, 5) is 10.5. The van der Waals surface area contributed by atoms with Gasteiger partial charge in [0.1, 0.15) is 5.69 Å². The second-order valence-electron chi connectivity index (χ2n) is 5.58. The highest BCUT2D eigenvalue weighted by molar-refractivity contribution is 7.89. The number of hydrogen-bond donors (Lipinski definition) is 1. The minimum atomic E-state index is -3.72. The molecule has 23 heavy (non-hydrogen) atoms. The highest BCUT2D eigenvalue weighted by atomic mass is 32.2. The number of nitro benzene ring substituents is 1. The van der Waals surface area contributed by atoms with E-state index in [1.54, 1.807) is 0 Å². The number of nitro groups is 1. The average molecular weight is 337 g/mol. The molecule has 1 fully saturated rings. The topological polar surface area (TPSA) is 92.6 Å². The van der Waals surface area contributed by atoms with Gasteiger partial charge in [-0.15, -0.1) is 6.42 Å². The summed E-state index contributed by atoms with van der Waals surface area (Å²) in [6.45, 7) is 3.08. The van der Waals surface area contributed by atoms with Crippen LogP contribution in [0.15, 0.2) is 23.1 Å². The number of benzene rings is 1. The minimum absolute atomic E-state index is 0.0648. The number of rotatable bonds is 5. The SMILES string of the molecule is C#CCNc1ccc(S(=O)(=O)N2CCC(C)CC2)cc1[N+](=O)[O-]. The number of nitrogens with one attached hydrogen (secondary N) is 1. The van der Waals surface area contributed by atoms with Crippen LogP contribution in [0, 0.1) is 28.4 Å². The van der Waals surface area contributed by atoms with E-state index in [0.29, 0.717) is 19.0 Å². The highest BCUT2D eigenvalue weighted by Crippen LogP contribution is 2.30. The van der Waals surface area contributed by atoms with Crippen LogP contribution in [0.5, 0.6) is 0 Å². The molecule has 0 saturated carbocycles. The van der Waals surface area contributed by atoms with Gasteiger partial charge in [-0.1, -0.05) is 12.8 Å². The Bertz CT molecular complexity index is 732. The maximum atomic E-state index is 12.6. The number of nitrogens with zero attached hydrogens (tertiary/aromatic N) is 2. The summed E-state index contributed by atoms with van der Waals surface area (Å²) >= 11 is 0. The van der Waals surface area contributed by atoms with E-state index in [9.17, 15) is 18.5 Å². The molecule has 1 heterocycles. The molecule has 0 atom stereocenters. The van der Waals surface area contributed by atoms with E-state index in [0.717, 1.165) is 18.9 Å². The molecular formula is C15H19N3O4S. The molecule has 7 nitrogen and oxygen atoms in total. The van der Waals surface area contributed by atoms with Gasteiger partial charge in [0.05, 0.1) is 16.4 Å². The Morgan fingerprint density at radius 2 is 2.09 bits per heavy atom. The van der Waals surface area contributed by atoms with E-state index in [2.05, 4.69) is 18.2 Å². The molecule has 0 bridgehead atoms. The summed E-state index contributed by atoms with van der Waals surface area (Å²) in [5, 5.41) is 13.9. The smallest absolute Gasteiger partial charge is 0.293 e. The lowest BCUT2D eigenvalue weighted by molar-refractivity contribution is -0.384. The van der Waals surface area contributed by atoms with Crippen molar-refractivity contribution in [3.8, 4) is 12.3 Å². The van der Waals surface area contributed by atoms with Crippen molar-refractivity contribution in [2.45, 2.75) is 24.7 Å². The Hall–Kier alpha value is -2.11. The zero-order valence-corrected chi connectivity index (χ0v) is 13.7. The van der Waals surface area contributed by atoms with E-state index in [4.69, 9.17) is 6.42 Å². The molecule has 2 rings (SSSR count). The van der Waals surface area contributed by atoms with Gasteiger partial charge in [0.25, 0.3) is 5.69 Å². The molecule has 0 aromatic heterocycles. The van der Waals surface area contributed by atoms with Gasteiger partial charge in [0, 0.05) is 19.2 Å². The van der Waals surface area contributed by atoms with Gasteiger partial charge in [-0.3, -0.25) is 10.1 Å². The highest BCUT2D eigenvalue weighted by Gasteiger charge is 2.30. The van der Waals surface area contributed by atoms with Crippen molar-refractivity contribution in [1.82, 2.24) is 4.31 Å². The Balaban J connectivity index is 2.34. The number of piperidine rings is 1. The molecule has 1 aromatic carbocycles. The first-order valence-corrected chi connectivity index (χ1v) is 8.76. The van der Waals surface area contributed by atoms with Crippen molar-refractivity contribution in [2.24, 2.45) is 5.92 Å². The third kappa shape index (κ3) is 3.81. The Labute approximate surface area is 135 Å². The first-order chi connectivity index (χ1) is 10.9. The van der Waals surface area contributed by atoms with Crippen LogP contribution in [0.4, 0.5) is 11.4 Å². The van der Waals surface area contributed by atoms with Crippen LogP contribution in [0.1, 0.15) is 19.8 Å². The maximum absolute atomic E-state index is 12.6. The van der Waals surface area contributed by atoms with Crippen molar-refractivity contribution >= 4 is 21.4 Å². The number of anilines is 1. The first kappa shape index (κ1) is 17.2. The molecule has 8 heteroatoms. The predicted octanol–water partition coefficient (Wildman–Crippen LogP) is 2.06. The van der Waals surface area contributed by atoms with Crippen LogP contribution < -0.4 is 5.32 Å². The monoisotopic (exact) mass is 337 g/mol. The third-order valence-corrected chi connectivity index (χ3v) is 5.82. The van der Waals surface area contributed by atoms with Crippen LogP contribution >= 0.6 is 0 Å². The molecule has 0 spiro atoms. The van der Waals surface area contributed by atoms with Gasteiger partial charge in [-0.25, -0.2) is 8.42 Å². The summed E-state index contributed by atoms with van der Waals surface area (Å²) in [5.41, 5.74) is -0.0918. The second-order valence-corrected chi connectivity index (χ2v) is 7.52. The number of terminal acetylenes is 1. The van der Waals surface area contributed by atoms with Gasteiger partial charge in [-0.2, -0.15) is 4.31 Å². The van der Waals surface area contributed by atoms with E-state index in [1.807, 2.05) is 0 Å². The van der Waals surface area contributed by atoms with Crippen LogP contribution in [0.2, 0.25) is 0 Å². The first-order valence-electron chi connectivity index (χ1n) is 7.32. The Kier molecular flexibility index (Phi) is 5.23. The maximum Gasteiger partial charge on any atom is 0.293 e. The lowest BCUT2D eigenvalue weighted by Gasteiger charge is -2.29. The Morgan fingerprint density at radius 3 is 2.65 bits per heavy atom. The van der Waals surface area contributed by atoms with Crippen LogP contribution in [-0.2, 0) is 10.0 Å². The molecule has 1 aliphatic heterocycles. The van der Waals surface area contributed by atoms with E-state index < -0.39 is 14.9 Å². The normalized spacial score (nSPS) is 16.7. The molecule has 0 radical (unpaired) electrons. The molecule has 1 aromatic rings. The van der Waals surface area contributed by atoms with E-state index in [-0.39, 0.29) is 22.8 Å². The van der Waals surface area contributed by atoms with Gasteiger partial charge < -0.3 is 5.32 Å².